The number of carboxylic acid groups (broad SMARTS) is 1. The molecule has 0 aliphatic heterocycles. The van der Waals surface area contributed by atoms with Crippen LogP contribution in [0.15, 0.2) is 12.1 Å². The van der Waals surface area contributed by atoms with Gasteiger partial charge in [0.15, 0.2) is 6.04 Å². The van der Waals surface area contributed by atoms with Gasteiger partial charge in [0.25, 0.3) is 5.91 Å². The number of amides is 1. The second-order valence-corrected chi connectivity index (χ2v) is 4.33. The molecule has 0 aromatic carbocycles. The summed E-state index contributed by atoms with van der Waals surface area (Å²) < 4.78 is 0. The van der Waals surface area contributed by atoms with E-state index >= 15 is 0 Å². The van der Waals surface area contributed by atoms with Crippen LogP contribution in [-0.4, -0.2) is 34.7 Å². The molecule has 0 aliphatic rings. The molecule has 0 saturated heterocycles. The van der Waals surface area contributed by atoms with Gasteiger partial charge in [-0.05, 0) is 18.6 Å². The third kappa shape index (κ3) is 3.04. The number of hydrogen-bond donors (Lipinski definition) is 3. The Bertz CT molecular complexity index is 388. The van der Waals surface area contributed by atoms with Gasteiger partial charge in [0, 0.05) is 4.88 Å². The fourth-order valence-electron chi connectivity index (χ4n) is 1.10. The smallest absolute Gasteiger partial charge is 0.328 e. The van der Waals surface area contributed by atoms with Crippen molar-refractivity contribution in [2.75, 3.05) is 6.61 Å². The largest absolute Gasteiger partial charge is 0.480 e. The average Bonchev–Trinajstić information content (AvgIpc) is 2.73. The second kappa shape index (κ2) is 5.62. The standard InChI is InChI=1S/C10H13NO4S/c1-2-6-3-4-8(16-6)9(13)11-7(5-12)10(14)15/h3-4,7,12H,2,5H2,1H3,(H,11,13)(H,14,15)/t7-/m1/s1. The number of aliphatic carboxylic acids is 1. The number of rotatable bonds is 5. The summed E-state index contributed by atoms with van der Waals surface area (Å²) in [4.78, 5) is 23.7. The Kier molecular flexibility index (Phi) is 4.45. The van der Waals surface area contributed by atoms with Crippen molar-refractivity contribution in [1.82, 2.24) is 5.32 Å². The van der Waals surface area contributed by atoms with Gasteiger partial charge in [0.2, 0.25) is 0 Å². The van der Waals surface area contributed by atoms with Crippen molar-refractivity contribution >= 4 is 23.2 Å². The number of nitrogens with one attached hydrogen (secondary N) is 1. The minimum atomic E-state index is -1.25. The highest BCUT2D eigenvalue weighted by molar-refractivity contribution is 7.14. The lowest BCUT2D eigenvalue weighted by Gasteiger charge is -2.10. The molecular weight excluding hydrogens is 230 g/mol. The Morgan fingerprint density at radius 2 is 2.19 bits per heavy atom. The summed E-state index contributed by atoms with van der Waals surface area (Å²) in [5.74, 6) is -1.71. The Balaban J connectivity index is 2.67. The van der Waals surface area contributed by atoms with E-state index in [1.807, 2.05) is 13.0 Å². The number of aliphatic hydroxyl groups excluding tert-OH is 1. The minimum absolute atomic E-state index is 0.455. The number of aliphatic hydroxyl groups is 1. The first kappa shape index (κ1) is 12.7. The number of thiophene rings is 1. The van der Waals surface area contributed by atoms with Crippen LogP contribution in [0, 0.1) is 0 Å². The molecule has 88 valence electrons. The molecule has 0 spiro atoms. The lowest BCUT2D eigenvalue weighted by Crippen LogP contribution is -2.43. The molecule has 1 heterocycles. The molecule has 16 heavy (non-hydrogen) atoms. The monoisotopic (exact) mass is 243 g/mol. The summed E-state index contributed by atoms with van der Waals surface area (Å²) in [6.07, 6.45) is 0.834. The van der Waals surface area contributed by atoms with Crippen molar-refractivity contribution in [3.8, 4) is 0 Å². The van der Waals surface area contributed by atoms with E-state index in [-0.39, 0.29) is 0 Å². The van der Waals surface area contributed by atoms with Crippen molar-refractivity contribution < 1.29 is 19.8 Å². The Morgan fingerprint density at radius 3 is 2.62 bits per heavy atom. The molecule has 0 aliphatic carbocycles. The summed E-state index contributed by atoms with van der Waals surface area (Å²) >= 11 is 1.32. The Labute approximate surface area is 96.7 Å². The van der Waals surface area contributed by atoms with E-state index in [2.05, 4.69) is 5.32 Å². The third-order valence-corrected chi connectivity index (χ3v) is 3.25. The van der Waals surface area contributed by atoms with Gasteiger partial charge < -0.3 is 15.5 Å². The molecular formula is C10H13NO4S. The predicted octanol–water partition coefficient (Wildman–Crippen LogP) is 0.486. The van der Waals surface area contributed by atoms with Gasteiger partial charge in [0.05, 0.1) is 11.5 Å². The molecule has 0 unspecified atom stereocenters. The lowest BCUT2D eigenvalue weighted by atomic mass is 10.3. The van der Waals surface area contributed by atoms with Crippen LogP contribution in [0.3, 0.4) is 0 Å². The summed E-state index contributed by atoms with van der Waals surface area (Å²) in [6.45, 7) is 1.36. The van der Waals surface area contributed by atoms with Crippen molar-refractivity contribution in [3.63, 3.8) is 0 Å². The van der Waals surface area contributed by atoms with Crippen molar-refractivity contribution in [1.29, 1.82) is 0 Å². The van der Waals surface area contributed by atoms with Crippen molar-refractivity contribution in [2.45, 2.75) is 19.4 Å². The molecule has 1 amide bonds. The molecule has 0 radical (unpaired) electrons. The quantitative estimate of drug-likeness (QED) is 0.702. The first-order chi connectivity index (χ1) is 7.58. The van der Waals surface area contributed by atoms with Gasteiger partial charge in [-0.15, -0.1) is 11.3 Å². The summed E-state index contributed by atoms with van der Waals surface area (Å²) in [5.41, 5.74) is 0. The van der Waals surface area contributed by atoms with E-state index in [4.69, 9.17) is 10.2 Å². The van der Waals surface area contributed by atoms with E-state index in [0.717, 1.165) is 11.3 Å². The second-order valence-electron chi connectivity index (χ2n) is 3.17. The maximum atomic E-state index is 11.6. The molecule has 0 bridgehead atoms. The van der Waals surface area contributed by atoms with Crippen LogP contribution in [0.5, 0.6) is 0 Å². The van der Waals surface area contributed by atoms with Crippen LogP contribution >= 0.6 is 11.3 Å². The van der Waals surface area contributed by atoms with Gasteiger partial charge in [-0.2, -0.15) is 0 Å². The number of carbonyl (C=O) groups excluding carboxylic acids is 1. The van der Waals surface area contributed by atoms with E-state index in [0.29, 0.717) is 4.88 Å². The van der Waals surface area contributed by atoms with Gasteiger partial charge in [-0.3, -0.25) is 4.79 Å². The van der Waals surface area contributed by atoms with Crippen LogP contribution in [-0.2, 0) is 11.2 Å². The first-order valence-electron chi connectivity index (χ1n) is 4.81. The zero-order chi connectivity index (χ0) is 12.1. The average molecular weight is 243 g/mol. The van der Waals surface area contributed by atoms with Gasteiger partial charge in [0.1, 0.15) is 0 Å². The highest BCUT2D eigenvalue weighted by atomic mass is 32.1. The summed E-state index contributed by atoms with van der Waals surface area (Å²) in [5, 5.41) is 19.6. The van der Waals surface area contributed by atoms with E-state index in [9.17, 15) is 9.59 Å². The zero-order valence-corrected chi connectivity index (χ0v) is 9.58. The number of hydrogen-bond acceptors (Lipinski definition) is 4. The van der Waals surface area contributed by atoms with Crippen molar-refractivity contribution in [3.05, 3.63) is 21.9 Å². The normalized spacial score (nSPS) is 12.1. The topological polar surface area (TPSA) is 86.6 Å². The molecule has 1 aromatic rings. The Hall–Kier alpha value is -1.40. The number of carboxylic acids is 1. The number of aryl methyl sites for hydroxylation is 1. The first-order valence-corrected chi connectivity index (χ1v) is 5.63. The van der Waals surface area contributed by atoms with Crippen LogP contribution in [0.2, 0.25) is 0 Å². The molecule has 6 heteroatoms. The third-order valence-electron chi connectivity index (χ3n) is 2.02. The Morgan fingerprint density at radius 1 is 1.50 bits per heavy atom. The fraction of sp³-hybridized carbons (Fsp3) is 0.400. The van der Waals surface area contributed by atoms with Gasteiger partial charge in [-0.25, -0.2) is 4.79 Å². The van der Waals surface area contributed by atoms with Gasteiger partial charge >= 0.3 is 5.97 Å². The lowest BCUT2D eigenvalue weighted by molar-refractivity contribution is -0.140. The van der Waals surface area contributed by atoms with Crippen molar-refractivity contribution in [2.24, 2.45) is 0 Å². The van der Waals surface area contributed by atoms with E-state index in [1.165, 1.54) is 11.3 Å². The summed E-state index contributed by atoms with van der Waals surface area (Å²) in [6, 6.07) is 2.23. The number of carbonyl (C=O) groups is 2. The maximum Gasteiger partial charge on any atom is 0.328 e. The minimum Gasteiger partial charge on any atom is -0.480 e. The SMILES string of the molecule is CCc1ccc(C(=O)N[C@H](CO)C(=O)O)s1. The molecule has 3 N–H and O–H groups in total. The highest BCUT2D eigenvalue weighted by Crippen LogP contribution is 2.16. The van der Waals surface area contributed by atoms with Crippen LogP contribution in [0.1, 0.15) is 21.5 Å². The molecule has 1 rings (SSSR count). The highest BCUT2D eigenvalue weighted by Gasteiger charge is 2.20. The molecule has 1 aromatic heterocycles. The maximum absolute atomic E-state index is 11.6. The van der Waals surface area contributed by atoms with Crippen LogP contribution < -0.4 is 5.32 Å². The zero-order valence-electron chi connectivity index (χ0n) is 8.77. The fourth-order valence-corrected chi connectivity index (χ4v) is 1.96. The van der Waals surface area contributed by atoms with Crippen LogP contribution in [0.25, 0.3) is 0 Å². The molecule has 1 atom stereocenters. The van der Waals surface area contributed by atoms with E-state index in [1.54, 1.807) is 6.07 Å². The van der Waals surface area contributed by atoms with Gasteiger partial charge in [-0.1, -0.05) is 6.92 Å². The predicted molar refractivity (Wildman–Crippen MR) is 59.7 cm³/mol. The van der Waals surface area contributed by atoms with Crippen LogP contribution in [0.4, 0.5) is 0 Å². The molecule has 5 nitrogen and oxygen atoms in total. The molecule has 0 saturated carbocycles. The van der Waals surface area contributed by atoms with E-state index < -0.39 is 24.5 Å². The molecule has 0 fully saturated rings. The summed E-state index contributed by atoms with van der Waals surface area (Å²) in [7, 11) is 0.